The Balaban J connectivity index is 2.27. The van der Waals surface area contributed by atoms with Gasteiger partial charge in [0.05, 0.1) is 24.9 Å². The van der Waals surface area contributed by atoms with E-state index < -0.39 is 0 Å². The molecule has 1 aromatic heterocycles. The van der Waals surface area contributed by atoms with Crippen LogP contribution in [0.1, 0.15) is 44.7 Å². The van der Waals surface area contributed by atoms with Crippen LogP contribution < -0.4 is 10.1 Å². The minimum Gasteiger partial charge on any atom is -0.495 e. The van der Waals surface area contributed by atoms with E-state index in [-0.39, 0.29) is 11.6 Å². The highest BCUT2D eigenvalue weighted by Crippen LogP contribution is 2.37. The lowest BCUT2D eigenvalue weighted by molar-refractivity contribution is -0.0896. The first-order valence-electron chi connectivity index (χ1n) is 7.06. The van der Waals surface area contributed by atoms with Crippen molar-refractivity contribution in [3.63, 3.8) is 0 Å². The van der Waals surface area contributed by atoms with Crippen molar-refractivity contribution in [1.29, 1.82) is 0 Å². The van der Waals surface area contributed by atoms with E-state index in [4.69, 9.17) is 9.47 Å². The van der Waals surface area contributed by atoms with Gasteiger partial charge in [-0.2, -0.15) is 0 Å². The number of aromatic nitrogens is 1. The van der Waals surface area contributed by atoms with E-state index in [1.165, 1.54) is 6.42 Å². The molecule has 1 N–H and O–H groups in total. The summed E-state index contributed by atoms with van der Waals surface area (Å²) < 4.78 is 11.3. The predicted octanol–water partition coefficient (Wildman–Crippen LogP) is 2.70. The molecule has 2 heterocycles. The second-order valence-corrected chi connectivity index (χ2v) is 5.27. The molecular formula is C15H24N2O2. The standard InChI is InChI=1S/C15H24N2O2/c1-4-17-14(15(2)7-5-6-8-19-15)12-9-13(18-3)11-16-10-12/h9-11,14,17H,4-8H2,1-3H3. The number of nitrogens with zero attached hydrogens (tertiary/aromatic N) is 1. The van der Waals surface area contributed by atoms with E-state index in [2.05, 4.69) is 24.1 Å². The molecule has 0 saturated carbocycles. The third-order valence-electron chi connectivity index (χ3n) is 3.82. The largest absolute Gasteiger partial charge is 0.495 e. The predicted molar refractivity (Wildman–Crippen MR) is 75.4 cm³/mol. The number of rotatable bonds is 5. The zero-order valence-corrected chi connectivity index (χ0v) is 12.1. The van der Waals surface area contributed by atoms with Crippen LogP contribution in [-0.4, -0.2) is 30.8 Å². The topological polar surface area (TPSA) is 43.4 Å². The molecule has 2 rings (SSSR count). The van der Waals surface area contributed by atoms with E-state index in [1.807, 2.05) is 12.3 Å². The Kier molecular flexibility index (Phi) is 4.77. The van der Waals surface area contributed by atoms with Crippen molar-refractivity contribution in [1.82, 2.24) is 10.3 Å². The minimum absolute atomic E-state index is 0.153. The summed E-state index contributed by atoms with van der Waals surface area (Å²) in [7, 11) is 1.67. The molecule has 1 fully saturated rings. The Morgan fingerprint density at radius 3 is 2.95 bits per heavy atom. The average Bonchev–Trinajstić information content (AvgIpc) is 2.45. The van der Waals surface area contributed by atoms with Crippen molar-refractivity contribution in [3.05, 3.63) is 24.0 Å². The van der Waals surface area contributed by atoms with Gasteiger partial charge in [0.1, 0.15) is 5.75 Å². The maximum atomic E-state index is 6.08. The molecule has 1 saturated heterocycles. The van der Waals surface area contributed by atoms with Crippen LogP contribution in [0.3, 0.4) is 0 Å². The van der Waals surface area contributed by atoms with Gasteiger partial charge in [-0.15, -0.1) is 0 Å². The van der Waals surface area contributed by atoms with Gasteiger partial charge in [0, 0.05) is 12.8 Å². The van der Waals surface area contributed by atoms with Gasteiger partial charge in [0.25, 0.3) is 0 Å². The van der Waals surface area contributed by atoms with Crippen molar-refractivity contribution >= 4 is 0 Å². The number of hydrogen-bond acceptors (Lipinski definition) is 4. The highest BCUT2D eigenvalue weighted by atomic mass is 16.5. The highest BCUT2D eigenvalue weighted by molar-refractivity contribution is 5.28. The molecule has 2 atom stereocenters. The molecule has 0 amide bonds. The van der Waals surface area contributed by atoms with Gasteiger partial charge >= 0.3 is 0 Å². The summed E-state index contributed by atoms with van der Waals surface area (Å²) in [6.45, 7) is 6.06. The molecule has 4 heteroatoms. The van der Waals surface area contributed by atoms with E-state index in [9.17, 15) is 0 Å². The lowest BCUT2D eigenvalue weighted by Crippen LogP contribution is -2.46. The summed E-state index contributed by atoms with van der Waals surface area (Å²) in [5, 5.41) is 3.54. The van der Waals surface area contributed by atoms with E-state index in [1.54, 1.807) is 13.3 Å². The Morgan fingerprint density at radius 1 is 1.47 bits per heavy atom. The minimum atomic E-state index is -0.164. The molecule has 0 aromatic carbocycles. The van der Waals surface area contributed by atoms with Crippen molar-refractivity contribution in [2.24, 2.45) is 0 Å². The Morgan fingerprint density at radius 2 is 2.32 bits per heavy atom. The molecule has 0 spiro atoms. The van der Waals surface area contributed by atoms with Crippen LogP contribution in [0.15, 0.2) is 18.5 Å². The maximum absolute atomic E-state index is 6.08. The Hall–Kier alpha value is -1.13. The molecule has 2 unspecified atom stereocenters. The monoisotopic (exact) mass is 264 g/mol. The van der Waals surface area contributed by atoms with Crippen molar-refractivity contribution in [2.45, 2.75) is 44.8 Å². The number of methoxy groups -OCH3 is 1. The molecule has 0 radical (unpaired) electrons. The fourth-order valence-corrected chi connectivity index (χ4v) is 2.78. The van der Waals surface area contributed by atoms with Crippen LogP contribution in [0.2, 0.25) is 0 Å². The van der Waals surface area contributed by atoms with Gasteiger partial charge in [0.2, 0.25) is 0 Å². The van der Waals surface area contributed by atoms with Crippen LogP contribution in [0, 0.1) is 0 Å². The third kappa shape index (κ3) is 3.25. The second-order valence-electron chi connectivity index (χ2n) is 5.27. The number of nitrogens with one attached hydrogen (secondary N) is 1. The Bertz CT molecular complexity index is 403. The SMILES string of the molecule is CCNC(c1cncc(OC)c1)C1(C)CCCCO1. The van der Waals surface area contributed by atoms with Gasteiger partial charge < -0.3 is 14.8 Å². The number of ether oxygens (including phenoxy) is 2. The van der Waals surface area contributed by atoms with Crippen LogP contribution >= 0.6 is 0 Å². The van der Waals surface area contributed by atoms with Crippen molar-refractivity contribution in [3.8, 4) is 5.75 Å². The summed E-state index contributed by atoms with van der Waals surface area (Å²) in [6.07, 6.45) is 7.08. The first-order chi connectivity index (χ1) is 9.19. The maximum Gasteiger partial charge on any atom is 0.137 e. The summed E-state index contributed by atoms with van der Waals surface area (Å²) in [5.41, 5.74) is 0.966. The molecule has 1 aliphatic rings. The lowest BCUT2D eigenvalue weighted by Gasteiger charge is -2.41. The highest BCUT2D eigenvalue weighted by Gasteiger charge is 2.37. The quantitative estimate of drug-likeness (QED) is 0.888. The van der Waals surface area contributed by atoms with Gasteiger partial charge in [-0.25, -0.2) is 0 Å². The molecule has 0 aliphatic carbocycles. The fraction of sp³-hybridized carbons (Fsp3) is 0.667. The lowest BCUT2D eigenvalue weighted by atomic mass is 9.84. The van der Waals surface area contributed by atoms with Crippen LogP contribution in [0.5, 0.6) is 5.75 Å². The van der Waals surface area contributed by atoms with E-state index in [0.29, 0.717) is 0 Å². The smallest absolute Gasteiger partial charge is 0.137 e. The molecule has 19 heavy (non-hydrogen) atoms. The van der Waals surface area contributed by atoms with Gasteiger partial charge in [-0.1, -0.05) is 6.92 Å². The van der Waals surface area contributed by atoms with Gasteiger partial charge in [0.15, 0.2) is 0 Å². The average molecular weight is 264 g/mol. The summed E-state index contributed by atoms with van der Waals surface area (Å²) in [4.78, 5) is 4.26. The number of likely N-dealkylation sites (N-methyl/N-ethyl adjacent to an activating group) is 1. The van der Waals surface area contributed by atoms with Crippen molar-refractivity contribution < 1.29 is 9.47 Å². The summed E-state index contributed by atoms with van der Waals surface area (Å²) >= 11 is 0. The molecular weight excluding hydrogens is 240 g/mol. The summed E-state index contributed by atoms with van der Waals surface area (Å²) in [6, 6.07) is 2.20. The van der Waals surface area contributed by atoms with E-state index in [0.717, 1.165) is 37.3 Å². The fourth-order valence-electron chi connectivity index (χ4n) is 2.78. The Labute approximate surface area is 115 Å². The first-order valence-corrected chi connectivity index (χ1v) is 7.06. The van der Waals surface area contributed by atoms with E-state index >= 15 is 0 Å². The van der Waals surface area contributed by atoms with Crippen LogP contribution in [0.4, 0.5) is 0 Å². The molecule has 1 aromatic rings. The number of pyridine rings is 1. The van der Waals surface area contributed by atoms with Crippen LogP contribution in [-0.2, 0) is 4.74 Å². The van der Waals surface area contributed by atoms with Gasteiger partial charge in [-0.3, -0.25) is 4.98 Å². The van der Waals surface area contributed by atoms with Gasteiger partial charge in [-0.05, 0) is 44.4 Å². The summed E-state index contributed by atoms with van der Waals surface area (Å²) in [5.74, 6) is 0.791. The molecule has 0 bridgehead atoms. The van der Waals surface area contributed by atoms with Crippen LogP contribution in [0.25, 0.3) is 0 Å². The third-order valence-corrected chi connectivity index (χ3v) is 3.82. The first kappa shape index (κ1) is 14.3. The number of hydrogen-bond donors (Lipinski definition) is 1. The molecule has 4 nitrogen and oxygen atoms in total. The zero-order valence-electron chi connectivity index (χ0n) is 12.1. The zero-order chi connectivity index (χ0) is 13.7. The van der Waals surface area contributed by atoms with Crippen molar-refractivity contribution in [2.75, 3.05) is 20.3 Å². The second kappa shape index (κ2) is 6.35. The molecule has 106 valence electrons. The normalized spacial score (nSPS) is 25.0. The molecule has 1 aliphatic heterocycles.